The van der Waals surface area contributed by atoms with Gasteiger partial charge in [0.15, 0.2) is 0 Å². The Labute approximate surface area is 227 Å². The molecule has 0 bridgehead atoms. The zero-order chi connectivity index (χ0) is 27.1. The van der Waals surface area contributed by atoms with Crippen LogP contribution >= 0.6 is 0 Å². The number of nitrogens with zero attached hydrogens (tertiary/aromatic N) is 3. The Morgan fingerprint density at radius 2 is 0.676 bits per heavy atom. The highest BCUT2D eigenvalue weighted by Crippen LogP contribution is 2.48. The SMILES string of the molecule is CCN(CC)c1cccc(C)c1C(c1c(C)cccc1N(CC)CC)c1c(C)cccc1N(CC)CC. The molecule has 3 rings (SSSR count). The van der Waals surface area contributed by atoms with Gasteiger partial charge in [0.2, 0.25) is 0 Å². The molecule has 3 heteroatoms. The van der Waals surface area contributed by atoms with Crippen molar-refractivity contribution in [2.24, 2.45) is 0 Å². The first-order valence-electron chi connectivity index (χ1n) is 14.4. The van der Waals surface area contributed by atoms with Crippen molar-refractivity contribution in [1.29, 1.82) is 0 Å². The fourth-order valence-corrected chi connectivity index (χ4v) is 6.08. The van der Waals surface area contributed by atoms with Crippen molar-refractivity contribution in [2.75, 3.05) is 54.0 Å². The Morgan fingerprint density at radius 3 is 0.892 bits per heavy atom. The van der Waals surface area contributed by atoms with E-state index in [1.54, 1.807) is 0 Å². The van der Waals surface area contributed by atoms with Crippen molar-refractivity contribution >= 4 is 17.1 Å². The van der Waals surface area contributed by atoms with Gasteiger partial charge in [-0.15, -0.1) is 0 Å². The maximum Gasteiger partial charge on any atom is 0.0411 e. The quantitative estimate of drug-likeness (QED) is 0.232. The molecule has 3 nitrogen and oxygen atoms in total. The lowest BCUT2D eigenvalue weighted by Gasteiger charge is -2.36. The third kappa shape index (κ3) is 5.66. The second kappa shape index (κ2) is 13.0. The molecule has 0 saturated heterocycles. The highest BCUT2D eigenvalue weighted by Gasteiger charge is 2.31. The average molecular weight is 500 g/mol. The van der Waals surface area contributed by atoms with Gasteiger partial charge in [-0.05, 0) is 114 Å². The van der Waals surface area contributed by atoms with E-state index in [2.05, 4.69) is 132 Å². The van der Waals surface area contributed by atoms with Crippen LogP contribution in [0.25, 0.3) is 0 Å². The highest BCUT2D eigenvalue weighted by molar-refractivity contribution is 5.73. The van der Waals surface area contributed by atoms with Crippen LogP contribution in [0.2, 0.25) is 0 Å². The lowest BCUT2D eigenvalue weighted by molar-refractivity contribution is 0.810. The van der Waals surface area contributed by atoms with Crippen LogP contribution in [-0.2, 0) is 0 Å². The molecule has 0 radical (unpaired) electrons. The van der Waals surface area contributed by atoms with Crippen LogP contribution in [0.1, 0.15) is 80.8 Å². The van der Waals surface area contributed by atoms with Gasteiger partial charge in [0.05, 0.1) is 0 Å². The molecule has 0 spiro atoms. The van der Waals surface area contributed by atoms with Gasteiger partial charge in [0.1, 0.15) is 0 Å². The maximum absolute atomic E-state index is 2.53. The normalized spacial score (nSPS) is 11.2. The molecule has 0 N–H and O–H groups in total. The molecule has 3 aromatic rings. The summed E-state index contributed by atoms with van der Waals surface area (Å²) in [6.07, 6.45) is 0. The summed E-state index contributed by atoms with van der Waals surface area (Å²) in [6.45, 7) is 26.5. The van der Waals surface area contributed by atoms with Crippen molar-refractivity contribution in [3.8, 4) is 0 Å². The molecule has 0 aliphatic carbocycles. The summed E-state index contributed by atoms with van der Waals surface area (Å²) in [5.74, 6) is 0.130. The van der Waals surface area contributed by atoms with Crippen molar-refractivity contribution < 1.29 is 0 Å². The lowest BCUT2D eigenvalue weighted by atomic mass is 9.76. The van der Waals surface area contributed by atoms with Crippen molar-refractivity contribution in [3.63, 3.8) is 0 Å². The van der Waals surface area contributed by atoms with Crippen LogP contribution in [0.5, 0.6) is 0 Å². The fraction of sp³-hybridized carbons (Fsp3) is 0.471. The van der Waals surface area contributed by atoms with Crippen molar-refractivity contribution in [1.82, 2.24) is 0 Å². The number of rotatable bonds is 12. The Kier molecular flexibility index (Phi) is 10.1. The van der Waals surface area contributed by atoms with E-state index in [0.717, 1.165) is 39.3 Å². The van der Waals surface area contributed by atoms with E-state index in [1.165, 1.54) is 50.4 Å². The molecule has 0 aliphatic rings. The van der Waals surface area contributed by atoms with Gasteiger partial charge in [-0.3, -0.25) is 0 Å². The molecule has 0 aliphatic heterocycles. The molecular formula is C34H49N3. The van der Waals surface area contributed by atoms with Crippen LogP contribution in [-0.4, -0.2) is 39.3 Å². The largest absolute Gasteiger partial charge is 0.372 e. The summed E-state index contributed by atoms with van der Waals surface area (Å²) in [7, 11) is 0. The average Bonchev–Trinajstić information content (AvgIpc) is 2.90. The predicted octanol–water partition coefficient (Wildman–Crippen LogP) is 8.33. The zero-order valence-corrected chi connectivity index (χ0v) is 24.9. The molecule has 0 unspecified atom stereocenters. The molecule has 0 atom stereocenters. The van der Waals surface area contributed by atoms with Crippen molar-refractivity contribution in [2.45, 2.75) is 68.2 Å². The van der Waals surface area contributed by atoms with E-state index in [1.807, 2.05) is 0 Å². The van der Waals surface area contributed by atoms with E-state index in [9.17, 15) is 0 Å². The first-order valence-corrected chi connectivity index (χ1v) is 14.4. The number of benzene rings is 3. The molecule has 0 amide bonds. The van der Waals surface area contributed by atoms with E-state index in [-0.39, 0.29) is 5.92 Å². The summed E-state index contributed by atoms with van der Waals surface area (Å²) >= 11 is 0. The summed E-state index contributed by atoms with van der Waals surface area (Å²) in [6, 6.07) is 20.6. The Bertz CT molecular complexity index is 1010. The monoisotopic (exact) mass is 499 g/mol. The first kappa shape index (κ1) is 28.6. The Balaban J connectivity index is 2.55. The predicted molar refractivity (Wildman–Crippen MR) is 165 cm³/mol. The molecule has 200 valence electrons. The second-order valence-electron chi connectivity index (χ2n) is 9.97. The molecular weight excluding hydrogens is 450 g/mol. The minimum atomic E-state index is 0.130. The molecule has 0 heterocycles. The molecule has 3 aromatic carbocycles. The third-order valence-electron chi connectivity index (χ3n) is 8.08. The Morgan fingerprint density at radius 1 is 0.432 bits per heavy atom. The second-order valence-corrected chi connectivity index (χ2v) is 9.97. The minimum absolute atomic E-state index is 0.130. The maximum atomic E-state index is 2.53. The Hall–Kier alpha value is -2.94. The molecule has 0 saturated carbocycles. The van der Waals surface area contributed by atoms with E-state index in [4.69, 9.17) is 0 Å². The van der Waals surface area contributed by atoms with E-state index < -0.39 is 0 Å². The lowest BCUT2D eigenvalue weighted by Crippen LogP contribution is -2.29. The van der Waals surface area contributed by atoms with Crippen LogP contribution in [0.15, 0.2) is 54.6 Å². The number of aryl methyl sites for hydroxylation is 3. The number of anilines is 3. The zero-order valence-electron chi connectivity index (χ0n) is 24.9. The van der Waals surface area contributed by atoms with Crippen LogP contribution in [0.4, 0.5) is 17.1 Å². The van der Waals surface area contributed by atoms with Gasteiger partial charge in [0.25, 0.3) is 0 Å². The summed E-state index contributed by atoms with van der Waals surface area (Å²) < 4.78 is 0. The first-order chi connectivity index (χ1) is 17.9. The van der Waals surface area contributed by atoms with Crippen LogP contribution in [0, 0.1) is 20.8 Å². The van der Waals surface area contributed by atoms with Gasteiger partial charge in [-0.25, -0.2) is 0 Å². The van der Waals surface area contributed by atoms with E-state index in [0.29, 0.717) is 0 Å². The fourth-order valence-electron chi connectivity index (χ4n) is 6.08. The number of hydrogen-bond donors (Lipinski definition) is 0. The standard InChI is InChI=1S/C34H49N3/c1-10-35(11-2)28-22-16-19-25(7)31(28)34(32-26(8)20-17-23-29(32)36(12-3)13-4)33-27(9)21-18-24-30(33)37(14-5)15-6/h16-24,34H,10-15H2,1-9H3. The van der Waals surface area contributed by atoms with E-state index >= 15 is 0 Å². The van der Waals surface area contributed by atoms with Gasteiger partial charge in [0, 0.05) is 62.2 Å². The minimum Gasteiger partial charge on any atom is -0.372 e. The smallest absolute Gasteiger partial charge is 0.0411 e. The number of hydrogen-bond acceptors (Lipinski definition) is 3. The summed E-state index contributed by atoms with van der Waals surface area (Å²) in [4.78, 5) is 7.58. The van der Waals surface area contributed by atoms with Gasteiger partial charge in [-0.2, -0.15) is 0 Å². The molecule has 0 fully saturated rings. The summed E-state index contributed by atoms with van der Waals surface area (Å²) in [5.41, 5.74) is 12.5. The third-order valence-corrected chi connectivity index (χ3v) is 8.08. The van der Waals surface area contributed by atoms with Gasteiger partial charge >= 0.3 is 0 Å². The van der Waals surface area contributed by atoms with Crippen LogP contribution in [0.3, 0.4) is 0 Å². The van der Waals surface area contributed by atoms with Gasteiger partial charge < -0.3 is 14.7 Å². The summed E-state index contributed by atoms with van der Waals surface area (Å²) in [5, 5.41) is 0. The van der Waals surface area contributed by atoms with Crippen molar-refractivity contribution in [3.05, 3.63) is 88.0 Å². The van der Waals surface area contributed by atoms with Crippen LogP contribution < -0.4 is 14.7 Å². The molecule has 37 heavy (non-hydrogen) atoms. The topological polar surface area (TPSA) is 9.72 Å². The highest BCUT2D eigenvalue weighted by atomic mass is 15.1. The molecule has 0 aromatic heterocycles. The van der Waals surface area contributed by atoms with Gasteiger partial charge in [-0.1, -0.05) is 36.4 Å².